The first-order valence-electron chi connectivity index (χ1n) is 6.76. The van der Waals surface area contributed by atoms with Crippen LogP contribution in [0.25, 0.3) is 0 Å². The predicted molar refractivity (Wildman–Crippen MR) is 75.3 cm³/mol. The number of nitrogens with zero attached hydrogens (tertiary/aromatic N) is 2. The number of aliphatic imine (C=N–C) groups is 1. The lowest BCUT2D eigenvalue weighted by atomic mass is 9.99. The van der Waals surface area contributed by atoms with Crippen molar-refractivity contribution in [2.24, 2.45) is 10.8 Å². The molecule has 1 aliphatic rings. The second kappa shape index (κ2) is 5.89. The molecule has 5 heteroatoms. The van der Waals surface area contributed by atoms with E-state index in [-0.39, 0.29) is 11.2 Å². The molecule has 0 aliphatic carbocycles. The normalized spacial score (nSPS) is 23.0. The molecule has 0 spiro atoms. The summed E-state index contributed by atoms with van der Waals surface area (Å²) in [4.78, 5) is 6.72. The molecule has 1 saturated heterocycles. The van der Waals surface area contributed by atoms with Gasteiger partial charge >= 0.3 is 0 Å². The molecule has 1 aliphatic heterocycles. The molecule has 0 atom stereocenters. The largest absolute Gasteiger partial charge is 0.366 e. The summed E-state index contributed by atoms with van der Waals surface area (Å²) in [5, 5.41) is 0. The number of nitrogens with one attached hydrogen (secondary N) is 1. The number of hydrogen-bond acceptors (Lipinski definition) is 3. The van der Waals surface area contributed by atoms with Crippen LogP contribution in [-0.4, -0.2) is 41.7 Å². The van der Waals surface area contributed by atoms with Gasteiger partial charge in [-0.15, -0.1) is 0 Å². The molecule has 0 aromatic rings. The summed E-state index contributed by atoms with van der Waals surface area (Å²) in [5.74, 6) is 6.37. The molecule has 0 unspecified atom stereocenters. The lowest BCUT2D eigenvalue weighted by molar-refractivity contribution is -0.167. The molecule has 1 rings (SSSR count). The highest BCUT2D eigenvalue weighted by Gasteiger charge is 2.39. The predicted octanol–water partition coefficient (Wildman–Crippen LogP) is 1.50. The summed E-state index contributed by atoms with van der Waals surface area (Å²) in [6.45, 7) is 13.0. The molecule has 5 nitrogen and oxygen atoms in total. The summed E-state index contributed by atoms with van der Waals surface area (Å²) in [7, 11) is 0. The van der Waals surface area contributed by atoms with Gasteiger partial charge in [-0.25, -0.2) is 5.84 Å². The van der Waals surface area contributed by atoms with E-state index >= 15 is 0 Å². The third kappa shape index (κ3) is 4.46. The van der Waals surface area contributed by atoms with Crippen LogP contribution in [0.2, 0.25) is 0 Å². The number of unbranched alkanes of at least 4 members (excludes halogenated alkanes) is 1. The Hall–Kier alpha value is -0.810. The van der Waals surface area contributed by atoms with Gasteiger partial charge in [-0.2, -0.15) is 0 Å². The van der Waals surface area contributed by atoms with Crippen LogP contribution in [0.15, 0.2) is 4.99 Å². The van der Waals surface area contributed by atoms with Crippen molar-refractivity contribution in [1.82, 2.24) is 10.3 Å². The first-order valence-corrected chi connectivity index (χ1v) is 6.76. The molecule has 1 fully saturated rings. The minimum absolute atomic E-state index is 0.190. The second-order valence-corrected chi connectivity index (χ2v) is 6.18. The quantitative estimate of drug-likeness (QED) is 0.264. The summed E-state index contributed by atoms with van der Waals surface area (Å²) in [6, 6.07) is 0. The van der Waals surface area contributed by atoms with Gasteiger partial charge in [0, 0.05) is 19.6 Å². The van der Waals surface area contributed by atoms with Gasteiger partial charge in [0.1, 0.15) is 0 Å². The fraction of sp³-hybridized carbons (Fsp3) is 0.923. The number of nitrogens with two attached hydrogens (primary N) is 1. The molecule has 0 aromatic carbocycles. The molecule has 106 valence electrons. The maximum absolute atomic E-state index is 6.05. The summed E-state index contributed by atoms with van der Waals surface area (Å²) < 4.78 is 6.05. The Balaban J connectivity index is 2.76. The third-order valence-corrected chi connectivity index (χ3v) is 2.90. The Morgan fingerprint density at radius 2 is 1.83 bits per heavy atom. The van der Waals surface area contributed by atoms with Crippen molar-refractivity contribution in [1.29, 1.82) is 0 Å². The van der Waals surface area contributed by atoms with E-state index in [9.17, 15) is 0 Å². The van der Waals surface area contributed by atoms with Crippen LogP contribution in [0.1, 0.15) is 47.5 Å². The Kier molecular flexibility index (Phi) is 4.99. The van der Waals surface area contributed by atoms with Crippen LogP contribution in [-0.2, 0) is 4.74 Å². The van der Waals surface area contributed by atoms with Gasteiger partial charge in [-0.3, -0.25) is 10.4 Å². The number of ether oxygens (including phenoxy) is 1. The average Bonchev–Trinajstić information content (AvgIpc) is 2.20. The van der Waals surface area contributed by atoms with E-state index in [2.05, 4.69) is 49.9 Å². The molecule has 0 radical (unpaired) electrons. The van der Waals surface area contributed by atoms with Crippen LogP contribution in [0.4, 0.5) is 0 Å². The topological polar surface area (TPSA) is 62.9 Å². The Labute approximate surface area is 111 Å². The molecule has 18 heavy (non-hydrogen) atoms. The van der Waals surface area contributed by atoms with Gasteiger partial charge in [-0.1, -0.05) is 13.3 Å². The van der Waals surface area contributed by atoms with Crippen molar-refractivity contribution in [2.75, 3.05) is 19.6 Å². The SMILES string of the molecule is CCCCN=C(NN)N1CC(C)(C)OC(C)(C)C1. The van der Waals surface area contributed by atoms with Crippen LogP contribution in [0.5, 0.6) is 0 Å². The van der Waals surface area contributed by atoms with E-state index < -0.39 is 0 Å². The van der Waals surface area contributed by atoms with Crippen molar-refractivity contribution in [3.05, 3.63) is 0 Å². The standard InChI is InChI=1S/C13H28N4O/c1-6-7-8-15-11(16-14)17-9-12(2,3)18-13(4,5)10-17/h6-10,14H2,1-5H3,(H,15,16). The average molecular weight is 256 g/mol. The summed E-state index contributed by atoms with van der Waals surface area (Å²) in [5.41, 5.74) is 2.35. The van der Waals surface area contributed by atoms with Crippen molar-refractivity contribution in [2.45, 2.75) is 58.7 Å². The molecular formula is C13H28N4O. The highest BCUT2D eigenvalue weighted by atomic mass is 16.5. The van der Waals surface area contributed by atoms with Gasteiger partial charge in [0.2, 0.25) is 5.96 Å². The van der Waals surface area contributed by atoms with Crippen LogP contribution in [0, 0.1) is 0 Å². The fourth-order valence-corrected chi connectivity index (χ4v) is 2.52. The smallest absolute Gasteiger partial charge is 0.208 e. The van der Waals surface area contributed by atoms with E-state index in [0.717, 1.165) is 38.4 Å². The number of rotatable bonds is 3. The van der Waals surface area contributed by atoms with Gasteiger partial charge in [0.05, 0.1) is 11.2 Å². The zero-order valence-electron chi connectivity index (χ0n) is 12.4. The molecular weight excluding hydrogens is 228 g/mol. The van der Waals surface area contributed by atoms with E-state index in [1.807, 2.05) is 0 Å². The first kappa shape index (κ1) is 15.2. The zero-order valence-corrected chi connectivity index (χ0v) is 12.4. The van der Waals surface area contributed by atoms with E-state index in [1.54, 1.807) is 0 Å². The van der Waals surface area contributed by atoms with E-state index in [0.29, 0.717) is 0 Å². The van der Waals surface area contributed by atoms with Crippen molar-refractivity contribution >= 4 is 5.96 Å². The summed E-state index contributed by atoms with van der Waals surface area (Å²) in [6.07, 6.45) is 2.23. The number of guanidine groups is 1. The monoisotopic (exact) mass is 256 g/mol. The molecule has 0 bridgehead atoms. The van der Waals surface area contributed by atoms with Gasteiger partial charge < -0.3 is 9.64 Å². The maximum Gasteiger partial charge on any atom is 0.208 e. The third-order valence-electron chi connectivity index (χ3n) is 2.90. The second-order valence-electron chi connectivity index (χ2n) is 6.18. The lowest BCUT2D eigenvalue weighted by Crippen LogP contribution is -2.61. The Bertz CT molecular complexity index is 283. The maximum atomic E-state index is 6.05. The highest BCUT2D eigenvalue weighted by molar-refractivity contribution is 5.79. The van der Waals surface area contributed by atoms with Crippen molar-refractivity contribution in [3.63, 3.8) is 0 Å². The zero-order chi connectivity index (χ0) is 13.8. The van der Waals surface area contributed by atoms with Crippen molar-refractivity contribution in [3.8, 4) is 0 Å². The van der Waals surface area contributed by atoms with Gasteiger partial charge in [0.25, 0.3) is 0 Å². The Morgan fingerprint density at radius 3 is 2.28 bits per heavy atom. The Morgan fingerprint density at radius 1 is 1.28 bits per heavy atom. The van der Waals surface area contributed by atoms with Crippen LogP contribution >= 0.6 is 0 Å². The van der Waals surface area contributed by atoms with Crippen molar-refractivity contribution < 1.29 is 4.74 Å². The summed E-state index contributed by atoms with van der Waals surface area (Å²) >= 11 is 0. The molecule has 0 aromatic heterocycles. The number of hydrogen-bond donors (Lipinski definition) is 2. The lowest BCUT2D eigenvalue weighted by Gasteiger charge is -2.47. The number of hydrazine groups is 1. The minimum Gasteiger partial charge on any atom is -0.366 e. The number of morpholine rings is 1. The highest BCUT2D eigenvalue weighted by Crippen LogP contribution is 2.27. The molecule has 1 heterocycles. The molecule has 3 N–H and O–H groups in total. The van der Waals surface area contributed by atoms with Gasteiger partial charge in [-0.05, 0) is 34.1 Å². The van der Waals surface area contributed by atoms with Crippen LogP contribution < -0.4 is 11.3 Å². The minimum atomic E-state index is -0.190. The van der Waals surface area contributed by atoms with Crippen LogP contribution in [0.3, 0.4) is 0 Å². The first-order chi connectivity index (χ1) is 8.29. The van der Waals surface area contributed by atoms with Gasteiger partial charge in [0.15, 0.2) is 0 Å². The molecule has 0 saturated carbocycles. The fourth-order valence-electron chi connectivity index (χ4n) is 2.52. The van der Waals surface area contributed by atoms with E-state index in [4.69, 9.17) is 10.6 Å². The molecule has 0 amide bonds. The van der Waals surface area contributed by atoms with E-state index in [1.165, 1.54) is 0 Å².